The van der Waals surface area contributed by atoms with E-state index >= 15 is 0 Å². The Morgan fingerprint density at radius 1 is 1.44 bits per heavy atom. The number of likely N-dealkylation sites (tertiary alicyclic amines) is 1. The molecule has 100 valence electrons. The largest absolute Gasteiger partial charge is 0.455 e. The molecule has 0 saturated carbocycles. The predicted molar refractivity (Wildman–Crippen MR) is 70.0 cm³/mol. The van der Waals surface area contributed by atoms with Crippen LogP contribution in [0.2, 0.25) is 0 Å². The fraction of sp³-hybridized carbons (Fsp3) is 0.643. The summed E-state index contributed by atoms with van der Waals surface area (Å²) in [6.07, 6.45) is 1.18. The van der Waals surface area contributed by atoms with Crippen LogP contribution in [0.4, 0.5) is 0 Å². The molecule has 1 aliphatic rings. The minimum absolute atomic E-state index is 0.0133. The fourth-order valence-electron chi connectivity index (χ4n) is 2.73. The summed E-state index contributed by atoms with van der Waals surface area (Å²) in [6.45, 7) is 7.64. The molecule has 4 heteroatoms. The number of carbonyl (C=O) groups is 1. The highest BCUT2D eigenvalue weighted by Crippen LogP contribution is 2.28. The Morgan fingerprint density at radius 3 is 2.78 bits per heavy atom. The molecular formula is C14H22N2O2. The number of carbonyl (C=O) groups excluding carboxylic acids is 1. The summed E-state index contributed by atoms with van der Waals surface area (Å²) < 4.78 is 5.45. The van der Waals surface area contributed by atoms with E-state index in [9.17, 15) is 4.79 Å². The van der Waals surface area contributed by atoms with Crippen molar-refractivity contribution in [3.63, 3.8) is 0 Å². The average Bonchev–Trinajstić information content (AvgIpc) is 2.81. The van der Waals surface area contributed by atoms with Gasteiger partial charge >= 0.3 is 0 Å². The number of nitrogens with zero attached hydrogens (tertiary/aromatic N) is 1. The lowest BCUT2D eigenvalue weighted by molar-refractivity contribution is 0.0424. The fourth-order valence-corrected chi connectivity index (χ4v) is 2.73. The summed E-state index contributed by atoms with van der Waals surface area (Å²) in [5.74, 6) is 2.12. The van der Waals surface area contributed by atoms with Gasteiger partial charge in [-0.3, -0.25) is 4.79 Å². The van der Waals surface area contributed by atoms with Crippen LogP contribution >= 0.6 is 0 Å². The minimum Gasteiger partial charge on any atom is -0.455 e. The Labute approximate surface area is 108 Å². The van der Waals surface area contributed by atoms with Gasteiger partial charge in [-0.1, -0.05) is 13.8 Å². The second kappa shape index (κ2) is 5.14. The number of amides is 1. The van der Waals surface area contributed by atoms with Crippen LogP contribution in [0.1, 0.15) is 43.5 Å². The van der Waals surface area contributed by atoms with Crippen LogP contribution in [-0.2, 0) is 6.54 Å². The van der Waals surface area contributed by atoms with Crippen LogP contribution < -0.4 is 5.73 Å². The lowest BCUT2D eigenvalue weighted by Crippen LogP contribution is -2.48. The zero-order valence-corrected chi connectivity index (χ0v) is 11.3. The molecule has 3 unspecified atom stereocenters. The van der Waals surface area contributed by atoms with Gasteiger partial charge in [0.15, 0.2) is 5.76 Å². The Morgan fingerprint density at radius 2 is 2.17 bits per heavy atom. The normalized spacial score (nSPS) is 28.4. The summed E-state index contributed by atoms with van der Waals surface area (Å²) in [4.78, 5) is 14.4. The van der Waals surface area contributed by atoms with Crippen molar-refractivity contribution in [3.8, 4) is 0 Å². The van der Waals surface area contributed by atoms with Crippen LogP contribution in [0.25, 0.3) is 0 Å². The van der Waals surface area contributed by atoms with Gasteiger partial charge in [-0.15, -0.1) is 0 Å². The summed E-state index contributed by atoms with van der Waals surface area (Å²) >= 11 is 0. The standard InChI is InChI=1S/C14H22N2O2/c1-9-6-10(2)11(3)16(8-9)14(17)13-5-4-12(7-15)18-13/h4-5,9-11H,6-8,15H2,1-3H3. The SMILES string of the molecule is CC1CC(C)C(C)N(C(=O)c2ccc(CN)o2)C1. The van der Waals surface area contributed by atoms with Gasteiger partial charge in [-0.2, -0.15) is 0 Å². The first-order valence-electron chi connectivity index (χ1n) is 6.62. The molecule has 1 aromatic rings. The Balaban J connectivity index is 2.16. The van der Waals surface area contributed by atoms with E-state index in [0.29, 0.717) is 29.9 Å². The number of furan rings is 1. The molecule has 0 bridgehead atoms. The van der Waals surface area contributed by atoms with Crippen LogP contribution in [-0.4, -0.2) is 23.4 Å². The molecular weight excluding hydrogens is 228 g/mol. The maximum Gasteiger partial charge on any atom is 0.289 e. The number of hydrogen-bond donors (Lipinski definition) is 1. The van der Waals surface area contributed by atoms with E-state index in [-0.39, 0.29) is 11.9 Å². The van der Waals surface area contributed by atoms with Gasteiger partial charge in [-0.25, -0.2) is 0 Å². The lowest BCUT2D eigenvalue weighted by Gasteiger charge is -2.40. The van der Waals surface area contributed by atoms with Crippen molar-refractivity contribution < 1.29 is 9.21 Å². The molecule has 1 aliphatic heterocycles. The second-order valence-electron chi connectivity index (χ2n) is 5.49. The molecule has 0 aromatic carbocycles. The van der Waals surface area contributed by atoms with Gasteiger partial charge in [0.2, 0.25) is 0 Å². The van der Waals surface area contributed by atoms with Gasteiger partial charge < -0.3 is 15.1 Å². The smallest absolute Gasteiger partial charge is 0.289 e. The molecule has 3 atom stereocenters. The van der Waals surface area contributed by atoms with E-state index in [1.807, 2.05) is 4.90 Å². The monoisotopic (exact) mass is 250 g/mol. The van der Waals surface area contributed by atoms with Crippen molar-refractivity contribution in [3.05, 3.63) is 23.7 Å². The van der Waals surface area contributed by atoms with Crippen molar-refractivity contribution >= 4 is 5.91 Å². The van der Waals surface area contributed by atoms with Gasteiger partial charge in [0.1, 0.15) is 5.76 Å². The van der Waals surface area contributed by atoms with Crippen LogP contribution in [0, 0.1) is 11.8 Å². The van der Waals surface area contributed by atoms with E-state index in [2.05, 4.69) is 20.8 Å². The third-order valence-electron chi connectivity index (χ3n) is 3.93. The maximum absolute atomic E-state index is 12.4. The van der Waals surface area contributed by atoms with E-state index in [1.165, 1.54) is 6.42 Å². The number of hydrogen-bond acceptors (Lipinski definition) is 3. The Kier molecular flexibility index (Phi) is 3.76. The first-order chi connectivity index (χ1) is 8.52. The summed E-state index contributed by atoms with van der Waals surface area (Å²) in [7, 11) is 0. The quantitative estimate of drug-likeness (QED) is 0.875. The van der Waals surface area contributed by atoms with E-state index in [1.54, 1.807) is 12.1 Å². The summed E-state index contributed by atoms with van der Waals surface area (Å²) in [5, 5.41) is 0. The first-order valence-corrected chi connectivity index (χ1v) is 6.62. The zero-order chi connectivity index (χ0) is 13.3. The highest BCUT2D eigenvalue weighted by atomic mass is 16.4. The molecule has 2 rings (SSSR count). The second-order valence-corrected chi connectivity index (χ2v) is 5.49. The molecule has 2 N–H and O–H groups in total. The van der Waals surface area contributed by atoms with E-state index in [0.717, 1.165) is 6.54 Å². The molecule has 1 saturated heterocycles. The first kappa shape index (κ1) is 13.1. The zero-order valence-electron chi connectivity index (χ0n) is 11.3. The summed E-state index contributed by atoms with van der Waals surface area (Å²) in [5.41, 5.74) is 5.49. The topological polar surface area (TPSA) is 59.5 Å². The van der Waals surface area contributed by atoms with E-state index < -0.39 is 0 Å². The van der Waals surface area contributed by atoms with Crippen LogP contribution in [0.3, 0.4) is 0 Å². The van der Waals surface area contributed by atoms with Gasteiger partial charge in [0, 0.05) is 12.6 Å². The molecule has 0 spiro atoms. The summed E-state index contributed by atoms with van der Waals surface area (Å²) in [6, 6.07) is 3.76. The minimum atomic E-state index is -0.0133. The predicted octanol–water partition coefficient (Wildman–Crippen LogP) is 2.24. The van der Waals surface area contributed by atoms with E-state index in [4.69, 9.17) is 10.2 Å². The molecule has 1 fully saturated rings. The molecule has 2 heterocycles. The van der Waals surface area contributed by atoms with Crippen molar-refractivity contribution in [2.45, 2.75) is 39.8 Å². The Bertz CT molecular complexity index is 427. The maximum atomic E-state index is 12.4. The van der Waals surface area contributed by atoms with Gasteiger partial charge in [-0.05, 0) is 37.3 Å². The number of rotatable bonds is 2. The highest BCUT2D eigenvalue weighted by Gasteiger charge is 2.33. The third-order valence-corrected chi connectivity index (χ3v) is 3.93. The van der Waals surface area contributed by atoms with Crippen molar-refractivity contribution in [2.24, 2.45) is 17.6 Å². The van der Waals surface area contributed by atoms with Crippen LogP contribution in [0.5, 0.6) is 0 Å². The highest BCUT2D eigenvalue weighted by molar-refractivity contribution is 5.91. The molecule has 4 nitrogen and oxygen atoms in total. The molecule has 0 radical (unpaired) electrons. The molecule has 1 aromatic heterocycles. The van der Waals surface area contributed by atoms with Crippen LogP contribution in [0.15, 0.2) is 16.5 Å². The van der Waals surface area contributed by atoms with Crippen molar-refractivity contribution in [1.82, 2.24) is 4.90 Å². The van der Waals surface area contributed by atoms with Gasteiger partial charge in [0.05, 0.1) is 6.54 Å². The van der Waals surface area contributed by atoms with Crippen molar-refractivity contribution in [1.29, 1.82) is 0 Å². The average molecular weight is 250 g/mol. The number of piperidine rings is 1. The third kappa shape index (κ3) is 2.43. The Hall–Kier alpha value is -1.29. The van der Waals surface area contributed by atoms with Gasteiger partial charge in [0.25, 0.3) is 5.91 Å². The number of nitrogens with two attached hydrogens (primary N) is 1. The molecule has 0 aliphatic carbocycles. The lowest BCUT2D eigenvalue weighted by atomic mass is 9.86. The van der Waals surface area contributed by atoms with Crippen molar-refractivity contribution in [2.75, 3.05) is 6.54 Å². The molecule has 1 amide bonds. The molecule has 18 heavy (non-hydrogen) atoms.